The number of hydrogen-bond donors (Lipinski definition) is 1. The van der Waals surface area contributed by atoms with Crippen LogP contribution in [-0.4, -0.2) is 18.2 Å². The van der Waals surface area contributed by atoms with Crippen LogP contribution in [0, 0.1) is 0 Å². The summed E-state index contributed by atoms with van der Waals surface area (Å²) < 4.78 is 39.2. The molecule has 0 radical (unpaired) electrons. The monoisotopic (exact) mass is 274 g/mol. The Balaban J connectivity index is 2.62. The van der Waals surface area contributed by atoms with Gasteiger partial charge in [0.05, 0.1) is 5.97 Å². The van der Waals surface area contributed by atoms with E-state index >= 15 is 0 Å². The van der Waals surface area contributed by atoms with Crippen molar-refractivity contribution in [2.45, 2.75) is 6.36 Å². The van der Waals surface area contributed by atoms with Crippen LogP contribution in [0.4, 0.5) is 18.9 Å². The zero-order valence-corrected chi connectivity index (χ0v) is 9.23. The lowest BCUT2D eigenvalue weighted by Gasteiger charge is -2.09. The molecule has 19 heavy (non-hydrogen) atoms. The fourth-order valence-electron chi connectivity index (χ4n) is 1.07. The Kier molecular flexibility index (Phi) is 4.51. The molecule has 0 aliphatic heterocycles. The Hall–Kier alpha value is -2.51. The number of hydrogen-bond acceptors (Lipinski definition) is 4. The van der Waals surface area contributed by atoms with E-state index < -0.39 is 24.0 Å². The fraction of sp³-hybridized carbons (Fsp3) is 0.0909. The SMILES string of the molecule is O=C([O-])/C=C/C(=O)Nc1ccc(OC(F)(F)F)cc1. The lowest BCUT2D eigenvalue weighted by atomic mass is 10.3. The first-order valence-corrected chi connectivity index (χ1v) is 4.82. The van der Waals surface area contributed by atoms with E-state index in [9.17, 15) is 27.9 Å². The first-order valence-electron chi connectivity index (χ1n) is 4.82. The number of amides is 1. The highest BCUT2D eigenvalue weighted by molar-refractivity contribution is 6.02. The first-order chi connectivity index (χ1) is 8.76. The van der Waals surface area contributed by atoms with Gasteiger partial charge in [-0.25, -0.2) is 0 Å². The summed E-state index contributed by atoms with van der Waals surface area (Å²) in [6.07, 6.45) is -3.55. The van der Waals surface area contributed by atoms with E-state index in [4.69, 9.17) is 0 Å². The van der Waals surface area contributed by atoms with Crippen molar-refractivity contribution in [1.82, 2.24) is 0 Å². The highest BCUT2D eigenvalue weighted by atomic mass is 19.4. The van der Waals surface area contributed by atoms with Crippen molar-refractivity contribution in [3.63, 3.8) is 0 Å². The zero-order valence-electron chi connectivity index (χ0n) is 9.23. The van der Waals surface area contributed by atoms with Gasteiger partial charge >= 0.3 is 6.36 Å². The van der Waals surface area contributed by atoms with Gasteiger partial charge in [-0.05, 0) is 30.3 Å². The van der Waals surface area contributed by atoms with Gasteiger partial charge in [-0.2, -0.15) is 0 Å². The van der Waals surface area contributed by atoms with E-state index in [0.29, 0.717) is 6.08 Å². The number of carbonyl (C=O) groups excluding carboxylic acids is 2. The normalized spacial score (nSPS) is 11.3. The van der Waals surface area contributed by atoms with Crippen LogP contribution in [0.25, 0.3) is 0 Å². The summed E-state index contributed by atoms with van der Waals surface area (Å²) in [5.74, 6) is -2.73. The molecule has 0 bridgehead atoms. The maximum absolute atomic E-state index is 11.9. The molecule has 0 aliphatic carbocycles. The summed E-state index contributed by atoms with van der Waals surface area (Å²) in [6.45, 7) is 0. The van der Waals surface area contributed by atoms with Gasteiger partial charge in [0.1, 0.15) is 5.75 Å². The molecule has 5 nitrogen and oxygen atoms in total. The van der Waals surface area contributed by atoms with Gasteiger partial charge in [-0.3, -0.25) is 4.79 Å². The van der Waals surface area contributed by atoms with Crippen LogP contribution in [0.1, 0.15) is 0 Å². The summed E-state index contributed by atoms with van der Waals surface area (Å²) in [6, 6.07) is 4.36. The molecule has 0 saturated heterocycles. The molecule has 0 saturated carbocycles. The molecule has 0 spiro atoms. The zero-order chi connectivity index (χ0) is 14.5. The third-order valence-electron chi connectivity index (χ3n) is 1.73. The van der Waals surface area contributed by atoms with Crippen molar-refractivity contribution in [3.05, 3.63) is 36.4 Å². The number of aliphatic carboxylic acids is 1. The average Bonchev–Trinajstić information content (AvgIpc) is 2.27. The molecule has 1 rings (SSSR count). The number of nitrogens with one attached hydrogen (secondary N) is 1. The summed E-state index contributed by atoms with van der Waals surface area (Å²) in [5, 5.41) is 12.3. The molecule has 1 aromatic rings. The first kappa shape index (κ1) is 14.6. The Labute approximate surface area is 105 Å². The van der Waals surface area contributed by atoms with Crippen molar-refractivity contribution in [1.29, 1.82) is 0 Å². The smallest absolute Gasteiger partial charge is 0.545 e. The predicted molar refractivity (Wildman–Crippen MR) is 55.9 cm³/mol. The van der Waals surface area contributed by atoms with E-state index in [-0.39, 0.29) is 5.69 Å². The lowest BCUT2D eigenvalue weighted by Crippen LogP contribution is -2.20. The minimum absolute atomic E-state index is 0.183. The predicted octanol–water partition coefficient (Wildman–Crippen LogP) is 0.830. The van der Waals surface area contributed by atoms with Gasteiger partial charge in [0.25, 0.3) is 0 Å². The molecule has 0 heterocycles. The average molecular weight is 274 g/mol. The Morgan fingerprint density at radius 1 is 1.16 bits per heavy atom. The van der Waals surface area contributed by atoms with Crippen LogP contribution in [-0.2, 0) is 9.59 Å². The number of carboxylic acid groups (broad SMARTS) is 1. The molecular formula is C11H7F3NO4-. The van der Waals surface area contributed by atoms with Crippen molar-refractivity contribution < 1.29 is 32.6 Å². The lowest BCUT2D eigenvalue weighted by molar-refractivity contribution is -0.297. The van der Waals surface area contributed by atoms with Crippen LogP contribution in [0.2, 0.25) is 0 Å². The van der Waals surface area contributed by atoms with E-state index in [1.54, 1.807) is 0 Å². The molecule has 0 aliphatic rings. The van der Waals surface area contributed by atoms with E-state index in [1.807, 2.05) is 0 Å². The van der Waals surface area contributed by atoms with Crippen molar-refractivity contribution >= 4 is 17.6 Å². The molecule has 1 N–H and O–H groups in total. The van der Waals surface area contributed by atoms with Crippen LogP contribution < -0.4 is 15.2 Å². The van der Waals surface area contributed by atoms with Crippen molar-refractivity contribution in [3.8, 4) is 5.75 Å². The number of rotatable bonds is 4. The minimum atomic E-state index is -4.79. The Morgan fingerprint density at radius 2 is 1.74 bits per heavy atom. The molecule has 0 atom stereocenters. The molecule has 0 aromatic heterocycles. The summed E-state index contributed by atoms with van der Waals surface area (Å²) >= 11 is 0. The van der Waals surface area contributed by atoms with Crippen LogP contribution in [0.3, 0.4) is 0 Å². The molecule has 0 fully saturated rings. The van der Waals surface area contributed by atoms with Crippen LogP contribution in [0.15, 0.2) is 36.4 Å². The van der Waals surface area contributed by atoms with Gasteiger partial charge in [0, 0.05) is 11.8 Å². The number of alkyl halides is 3. The van der Waals surface area contributed by atoms with E-state index in [2.05, 4.69) is 10.1 Å². The van der Waals surface area contributed by atoms with Crippen LogP contribution in [0.5, 0.6) is 5.75 Å². The third-order valence-corrected chi connectivity index (χ3v) is 1.73. The highest BCUT2D eigenvalue weighted by Gasteiger charge is 2.30. The molecule has 1 amide bonds. The van der Waals surface area contributed by atoms with Crippen molar-refractivity contribution in [2.24, 2.45) is 0 Å². The number of carbonyl (C=O) groups is 2. The molecule has 0 unspecified atom stereocenters. The van der Waals surface area contributed by atoms with E-state index in [0.717, 1.165) is 18.2 Å². The quantitative estimate of drug-likeness (QED) is 0.825. The molecule has 1 aromatic carbocycles. The molecule has 8 heteroatoms. The Bertz CT molecular complexity index is 494. The molecular weight excluding hydrogens is 267 g/mol. The number of ether oxygens (including phenoxy) is 1. The van der Waals surface area contributed by atoms with Crippen molar-refractivity contribution in [2.75, 3.05) is 5.32 Å². The maximum Gasteiger partial charge on any atom is 0.573 e. The van der Waals surface area contributed by atoms with E-state index in [1.165, 1.54) is 12.1 Å². The second kappa shape index (κ2) is 5.89. The summed E-state index contributed by atoms with van der Waals surface area (Å²) in [7, 11) is 0. The van der Waals surface area contributed by atoms with Gasteiger partial charge in [-0.1, -0.05) is 0 Å². The number of halogens is 3. The number of carboxylic acids is 1. The standard InChI is InChI=1S/C11H8F3NO4/c12-11(13,14)19-8-3-1-7(2-4-8)15-9(16)5-6-10(17)18/h1-6H,(H,15,16)(H,17,18)/p-1/b6-5+. The minimum Gasteiger partial charge on any atom is -0.545 e. The molecule has 102 valence electrons. The topological polar surface area (TPSA) is 78.5 Å². The third kappa shape index (κ3) is 6.10. The van der Waals surface area contributed by atoms with Crippen LogP contribution >= 0.6 is 0 Å². The van der Waals surface area contributed by atoms with Gasteiger partial charge in [0.2, 0.25) is 5.91 Å². The van der Waals surface area contributed by atoms with Gasteiger partial charge in [0.15, 0.2) is 0 Å². The number of anilines is 1. The summed E-state index contributed by atoms with van der Waals surface area (Å²) in [5.41, 5.74) is 0.183. The number of benzene rings is 1. The highest BCUT2D eigenvalue weighted by Crippen LogP contribution is 2.23. The second-order valence-corrected chi connectivity index (χ2v) is 3.21. The van der Waals surface area contributed by atoms with Gasteiger partial charge < -0.3 is 20.0 Å². The Morgan fingerprint density at radius 3 is 2.21 bits per heavy atom. The van der Waals surface area contributed by atoms with Gasteiger partial charge in [-0.15, -0.1) is 13.2 Å². The second-order valence-electron chi connectivity index (χ2n) is 3.21. The maximum atomic E-state index is 11.9. The largest absolute Gasteiger partial charge is 0.573 e. The summed E-state index contributed by atoms with van der Waals surface area (Å²) in [4.78, 5) is 21.2. The fourth-order valence-corrected chi connectivity index (χ4v) is 1.07.